The van der Waals surface area contributed by atoms with Gasteiger partial charge >= 0.3 is 5.97 Å². The lowest BCUT2D eigenvalue weighted by Crippen LogP contribution is -2.21. The second kappa shape index (κ2) is 5.75. The summed E-state index contributed by atoms with van der Waals surface area (Å²) in [6, 6.07) is 0. The number of carboxylic acid groups (broad SMARTS) is 1. The molecule has 0 saturated carbocycles. The Balaban J connectivity index is 3.80. The Kier molecular flexibility index (Phi) is 5.34. The predicted octanol–water partition coefficient (Wildman–Crippen LogP) is 1.86. The number of unbranched alkanes of at least 4 members (excludes halogenated alkanes) is 2. The van der Waals surface area contributed by atoms with Crippen molar-refractivity contribution in [3.05, 3.63) is 0 Å². The van der Waals surface area contributed by atoms with Crippen LogP contribution in [-0.2, 0) is 9.59 Å². The molecule has 0 aliphatic rings. The second-order valence-electron chi connectivity index (χ2n) is 3.00. The van der Waals surface area contributed by atoms with Gasteiger partial charge < -0.3 is 5.11 Å². The van der Waals surface area contributed by atoms with Gasteiger partial charge in [0.15, 0.2) is 0 Å². The highest BCUT2D eigenvalue weighted by molar-refractivity contribution is 5.96. The van der Waals surface area contributed by atoms with Crippen LogP contribution in [0.15, 0.2) is 0 Å². The highest BCUT2D eigenvalue weighted by atomic mass is 16.4. The van der Waals surface area contributed by atoms with E-state index in [1.54, 1.807) is 0 Å². The van der Waals surface area contributed by atoms with Gasteiger partial charge in [0, 0.05) is 0 Å². The van der Waals surface area contributed by atoms with Gasteiger partial charge in [-0.2, -0.15) is 0 Å². The molecule has 0 aliphatic carbocycles. The van der Waals surface area contributed by atoms with Gasteiger partial charge in [-0.15, -0.1) is 0 Å². The molecule has 1 unspecified atom stereocenters. The van der Waals surface area contributed by atoms with Crippen molar-refractivity contribution in [3.8, 4) is 0 Å². The van der Waals surface area contributed by atoms with E-state index >= 15 is 0 Å². The number of carboxylic acids is 1. The van der Waals surface area contributed by atoms with Crippen LogP contribution >= 0.6 is 0 Å². The van der Waals surface area contributed by atoms with Crippen molar-refractivity contribution < 1.29 is 14.7 Å². The Bertz CT molecular complexity index is 149. The van der Waals surface area contributed by atoms with Crippen molar-refractivity contribution in [2.75, 3.05) is 0 Å². The van der Waals surface area contributed by atoms with E-state index in [0.29, 0.717) is 6.42 Å². The van der Waals surface area contributed by atoms with Crippen LogP contribution in [-0.4, -0.2) is 16.9 Å². The van der Waals surface area contributed by atoms with Crippen LogP contribution in [0.1, 0.15) is 39.5 Å². The summed E-state index contributed by atoms with van der Waals surface area (Å²) in [6.07, 6.45) is 3.35. The summed E-state index contributed by atoms with van der Waals surface area (Å²) in [6.45, 7) is 3.38. The van der Waals surface area contributed by atoms with Crippen LogP contribution in [0.25, 0.3) is 0 Å². The zero-order chi connectivity index (χ0) is 9.56. The van der Waals surface area contributed by atoms with Crippen LogP contribution in [0.3, 0.4) is 0 Å². The molecule has 70 valence electrons. The summed E-state index contributed by atoms with van der Waals surface area (Å²) in [4.78, 5) is 21.3. The van der Waals surface area contributed by atoms with E-state index in [1.165, 1.54) is 6.92 Å². The summed E-state index contributed by atoms with van der Waals surface area (Å²) in [7, 11) is 0. The minimum Gasteiger partial charge on any atom is -0.481 e. The molecule has 0 aromatic rings. The fourth-order valence-electron chi connectivity index (χ4n) is 1.10. The van der Waals surface area contributed by atoms with Gasteiger partial charge in [0.05, 0.1) is 0 Å². The molecule has 0 fully saturated rings. The third-order valence-corrected chi connectivity index (χ3v) is 1.89. The number of hydrogen-bond donors (Lipinski definition) is 1. The summed E-state index contributed by atoms with van der Waals surface area (Å²) in [5.74, 6) is -2.01. The van der Waals surface area contributed by atoms with Crippen molar-refractivity contribution in [3.63, 3.8) is 0 Å². The fraction of sp³-hybridized carbons (Fsp3) is 0.778. The number of carbonyl (C=O) groups excluding carboxylic acids is 1. The molecule has 3 nitrogen and oxygen atoms in total. The largest absolute Gasteiger partial charge is 0.481 e. The van der Waals surface area contributed by atoms with E-state index in [9.17, 15) is 9.59 Å². The quantitative estimate of drug-likeness (QED) is 0.491. The van der Waals surface area contributed by atoms with E-state index in [4.69, 9.17) is 5.11 Å². The maximum absolute atomic E-state index is 10.8. The number of aliphatic carboxylic acids is 1. The summed E-state index contributed by atoms with van der Waals surface area (Å²) in [5, 5.41) is 8.62. The summed E-state index contributed by atoms with van der Waals surface area (Å²) >= 11 is 0. The minimum atomic E-state index is -0.987. The highest BCUT2D eigenvalue weighted by Crippen LogP contribution is 2.10. The Morgan fingerprint density at radius 2 is 1.92 bits per heavy atom. The first-order valence-electron chi connectivity index (χ1n) is 4.32. The molecule has 0 radical (unpaired) electrons. The van der Waals surface area contributed by atoms with E-state index in [-0.39, 0.29) is 5.78 Å². The zero-order valence-electron chi connectivity index (χ0n) is 7.67. The molecular formula is C9H16O3. The molecule has 12 heavy (non-hydrogen) atoms. The fourth-order valence-corrected chi connectivity index (χ4v) is 1.10. The van der Waals surface area contributed by atoms with Crippen LogP contribution in [0, 0.1) is 5.92 Å². The van der Waals surface area contributed by atoms with Crippen LogP contribution in [0.4, 0.5) is 0 Å². The lowest BCUT2D eigenvalue weighted by atomic mass is 9.98. The third-order valence-electron chi connectivity index (χ3n) is 1.89. The molecule has 0 heterocycles. The van der Waals surface area contributed by atoms with Crippen LogP contribution in [0.2, 0.25) is 0 Å². The van der Waals surface area contributed by atoms with Crippen molar-refractivity contribution in [2.24, 2.45) is 5.92 Å². The number of ketones is 1. The van der Waals surface area contributed by atoms with Crippen LogP contribution < -0.4 is 0 Å². The smallest absolute Gasteiger partial charge is 0.314 e. The normalized spacial score (nSPS) is 12.5. The van der Waals surface area contributed by atoms with Crippen molar-refractivity contribution >= 4 is 11.8 Å². The molecule has 1 N–H and O–H groups in total. The standard InChI is InChI=1S/C9H16O3/c1-3-4-5-6-8(7(2)10)9(11)12/h8H,3-6H2,1-2H3,(H,11,12). The molecule has 0 aromatic heterocycles. The molecule has 0 bridgehead atoms. The number of carbonyl (C=O) groups is 2. The van der Waals surface area contributed by atoms with Gasteiger partial charge in [-0.25, -0.2) is 0 Å². The maximum Gasteiger partial charge on any atom is 0.314 e. The predicted molar refractivity (Wildman–Crippen MR) is 45.9 cm³/mol. The Labute approximate surface area is 72.8 Å². The monoisotopic (exact) mass is 172 g/mol. The zero-order valence-corrected chi connectivity index (χ0v) is 7.67. The highest BCUT2D eigenvalue weighted by Gasteiger charge is 2.21. The molecule has 0 spiro atoms. The minimum absolute atomic E-state index is 0.237. The Hall–Kier alpha value is -0.860. The lowest BCUT2D eigenvalue weighted by Gasteiger charge is -2.06. The van der Waals surface area contributed by atoms with Crippen molar-refractivity contribution in [1.82, 2.24) is 0 Å². The van der Waals surface area contributed by atoms with E-state index in [1.807, 2.05) is 6.92 Å². The third kappa shape index (κ3) is 4.11. The SMILES string of the molecule is CCCCCC(C(C)=O)C(=O)O. The molecule has 0 amide bonds. The van der Waals surface area contributed by atoms with Crippen molar-refractivity contribution in [2.45, 2.75) is 39.5 Å². The average Bonchev–Trinajstić information content (AvgIpc) is 1.96. The summed E-state index contributed by atoms with van der Waals surface area (Å²) < 4.78 is 0. The molecule has 0 aromatic carbocycles. The van der Waals surface area contributed by atoms with Crippen molar-refractivity contribution in [1.29, 1.82) is 0 Å². The van der Waals surface area contributed by atoms with Gasteiger partial charge in [-0.05, 0) is 13.3 Å². The van der Waals surface area contributed by atoms with Gasteiger partial charge in [0.1, 0.15) is 11.7 Å². The number of rotatable bonds is 6. The molecule has 0 aliphatic heterocycles. The molecular weight excluding hydrogens is 156 g/mol. The number of Topliss-reactive ketones (excluding diaryl/α,β-unsaturated/α-hetero) is 1. The Morgan fingerprint density at radius 3 is 2.25 bits per heavy atom. The summed E-state index contributed by atoms with van der Waals surface area (Å²) in [5.41, 5.74) is 0. The molecule has 0 saturated heterocycles. The van der Waals surface area contributed by atoms with E-state index < -0.39 is 11.9 Å². The second-order valence-corrected chi connectivity index (χ2v) is 3.00. The van der Waals surface area contributed by atoms with Crippen LogP contribution in [0.5, 0.6) is 0 Å². The molecule has 1 atom stereocenters. The first-order valence-corrected chi connectivity index (χ1v) is 4.32. The first-order chi connectivity index (χ1) is 5.59. The molecule has 0 rings (SSSR count). The Morgan fingerprint density at radius 1 is 1.33 bits per heavy atom. The van der Waals surface area contributed by atoms with Gasteiger partial charge in [-0.1, -0.05) is 26.2 Å². The first kappa shape index (κ1) is 11.1. The van der Waals surface area contributed by atoms with E-state index in [0.717, 1.165) is 19.3 Å². The number of hydrogen-bond acceptors (Lipinski definition) is 2. The lowest BCUT2D eigenvalue weighted by molar-refractivity contribution is -0.146. The van der Waals surface area contributed by atoms with Gasteiger partial charge in [0.2, 0.25) is 0 Å². The van der Waals surface area contributed by atoms with Gasteiger partial charge in [0.25, 0.3) is 0 Å². The topological polar surface area (TPSA) is 54.4 Å². The van der Waals surface area contributed by atoms with E-state index in [2.05, 4.69) is 0 Å². The molecule has 3 heteroatoms. The van der Waals surface area contributed by atoms with Gasteiger partial charge in [-0.3, -0.25) is 9.59 Å². The average molecular weight is 172 g/mol. The maximum atomic E-state index is 10.8.